The Bertz CT molecular complexity index is 925. The normalized spacial score (nSPS) is 21.6. The predicted molar refractivity (Wildman–Crippen MR) is 109 cm³/mol. The van der Waals surface area contributed by atoms with Gasteiger partial charge >= 0.3 is 6.09 Å². The maximum atomic E-state index is 13.0. The van der Waals surface area contributed by atoms with E-state index < -0.39 is 5.60 Å². The van der Waals surface area contributed by atoms with Crippen molar-refractivity contribution in [1.82, 2.24) is 24.8 Å². The molecule has 0 bridgehead atoms. The number of benzene rings is 1. The molecule has 0 spiro atoms. The zero-order valence-electron chi connectivity index (χ0n) is 16.7. The van der Waals surface area contributed by atoms with Crippen molar-refractivity contribution in [3.8, 4) is 0 Å². The minimum Gasteiger partial charge on any atom is -0.444 e. The summed E-state index contributed by atoms with van der Waals surface area (Å²) in [5, 5.41) is 7.88. The number of amides is 2. The molecule has 9 heteroatoms. The number of rotatable bonds is 3. The zero-order chi connectivity index (χ0) is 20.8. The second-order valence-corrected chi connectivity index (χ2v) is 9.45. The van der Waals surface area contributed by atoms with Crippen molar-refractivity contribution < 1.29 is 14.3 Å². The Labute approximate surface area is 177 Å². The number of halogens is 1. The van der Waals surface area contributed by atoms with Gasteiger partial charge in [-0.2, -0.15) is 0 Å². The van der Waals surface area contributed by atoms with Crippen LogP contribution < -0.4 is 0 Å². The van der Waals surface area contributed by atoms with Gasteiger partial charge in [-0.25, -0.2) is 4.79 Å². The Morgan fingerprint density at radius 2 is 2.14 bits per heavy atom. The number of carbonyl (C=O) groups is 2. The third-order valence-corrected chi connectivity index (χ3v) is 5.73. The molecule has 2 aliphatic rings. The first kappa shape index (κ1) is 19.9. The van der Waals surface area contributed by atoms with Crippen molar-refractivity contribution in [2.45, 2.75) is 58.0 Å². The maximum absolute atomic E-state index is 13.0. The van der Waals surface area contributed by atoms with Gasteiger partial charge in [-0.3, -0.25) is 9.48 Å². The predicted octanol–water partition coefficient (Wildman–Crippen LogP) is 3.07. The zero-order valence-corrected chi connectivity index (χ0v) is 18.3. The van der Waals surface area contributed by atoms with Crippen LogP contribution in [0.2, 0.25) is 0 Å². The second-order valence-electron chi connectivity index (χ2n) is 8.54. The lowest BCUT2D eigenvalue weighted by Gasteiger charge is -2.28. The van der Waals surface area contributed by atoms with E-state index in [4.69, 9.17) is 4.74 Å². The number of likely N-dealkylation sites (tertiary alicyclic amines) is 1. The van der Waals surface area contributed by atoms with Crippen molar-refractivity contribution in [1.29, 1.82) is 0 Å². The Kier molecular flexibility index (Phi) is 5.10. The van der Waals surface area contributed by atoms with Crippen LogP contribution in [0, 0.1) is 0 Å². The molecule has 0 unspecified atom stereocenters. The number of nitrogens with zero attached hydrogens (tertiary/aromatic N) is 5. The van der Waals surface area contributed by atoms with Crippen molar-refractivity contribution in [2.75, 3.05) is 6.54 Å². The van der Waals surface area contributed by atoms with Crippen molar-refractivity contribution in [3.05, 3.63) is 46.2 Å². The molecule has 2 aromatic rings. The molecule has 0 N–H and O–H groups in total. The summed E-state index contributed by atoms with van der Waals surface area (Å²) in [6.07, 6.45) is 3.69. The molecule has 1 fully saturated rings. The average Bonchev–Trinajstić information content (AvgIpc) is 3.34. The van der Waals surface area contributed by atoms with E-state index in [1.807, 2.05) is 43.9 Å². The van der Waals surface area contributed by atoms with E-state index in [9.17, 15) is 9.59 Å². The summed E-state index contributed by atoms with van der Waals surface area (Å²) in [6, 6.07) is 5.59. The number of fused-ring (bicyclic) bond motifs is 1. The number of aromatic nitrogens is 3. The van der Waals surface area contributed by atoms with Crippen LogP contribution in [-0.2, 0) is 17.8 Å². The van der Waals surface area contributed by atoms with E-state index in [1.165, 1.54) is 0 Å². The topological polar surface area (TPSA) is 80.6 Å². The lowest BCUT2D eigenvalue weighted by molar-refractivity contribution is 0.0199. The lowest BCUT2D eigenvalue weighted by atomic mass is 10.1. The molecule has 1 aromatic carbocycles. The van der Waals surface area contributed by atoms with E-state index in [0.29, 0.717) is 26.1 Å². The first-order valence-corrected chi connectivity index (χ1v) is 10.4. The van der Waals surface area contributed by atoms with Gasteiger partial charge in [0.05, 0.1) is 24.8 Å². The number of hydrogen-bond donors (Lipinski definition) is 0. The lowest BCUT2D eigenvalue weighted by Crippen LogP contribution is -2.43. The van der Waals surface area contributed by atoms with Crippen LogP contribution in [0.15, 0.2) is 35.1 Å². The van der Waals surface area contributed by atoms with Gasteiger partial charge in [0.1, 0.15) is 5.60 Å². The fourth-order valence-corrected chi connectivity index (χ4v) is 4.33. The highest BCUT2D eigenvalue weighted by molar-refractivity contribution is 9.10. The molecule has 1 saturated heterocycles. The number of ether oxygens (including phenoxy) is 1. The molecule has 2 aliphatic heterocycles. The second kappa shape index (κ2) is 7.44. The van der Waals surface area contributed by atoms with Gasteiger partial charge in [0.15, 0.2) is 0 Å². The van der Waals surface area contributed by atoms with Crippen molar-refractivity contribution >= 4 is 27.9 Å². The third-order valence-electron chi connectivity index (χ3n) is 5.23. The minimum absolute atomic E-state index is 0.0110. The molecule has 1 aromatic heterocycles. The quantitative estimate of drug-likeness (QED) is 0.701. The van der Waals surface area contributed by atoms with Gasteiger partial charge in [0.25, 0.3) is 5.91 Å². The van der Waals surface area contributed by atoms with Crippen molar-refractivity contribution in [2.24, 2.45) is 0 Å². The van der Waals surface area contributed by atoms with E-state index in [2.05, 4.69) is 26.2 Å². The fraction of sp³-hybridized carbons (Fsp3) is 0.500. The van der Waals surface area contributed by atoms with Gasteiger partial charge in [0.2, 0.25) is 0 Å². The van der Waals surface area contributed by atoms with E-state index in [-0.39, 0.29) is 24.1 Å². The van der Waals surface area contributed by atoms with Gasteiger partial charge in [0, 0.05) is 29.3 Å². The summed E-state index contributed by atoms with van der Waals surface area (Å²) < 4.78 is 8.22. The van der Waals surface area contributed by atoms with Crippen molar-refractivity contribution in [3.63, 3.8) is 0 Å². The molecule has 4 rings (SSSR count). The van der Waals surface area contributed by atoms with Crippen LogP contribution in [0.5, 0.6) is 0 Å². The molecule has 154 valence electrons. The SMILES string of the molecule is CC(C)(C)OC(=O)N1C[C@H](N2Cc3ccc(Br)cc3C2=O)C[C@H]1Cn1ccnn1. The summed E-state index contributed by atoms with van der Waals surface area (Å²) in [6.45, 7) is 7.06. The monoisotopic (exact) mass is 461 g/mol. The van der Waals surface area contributed by atoms with Crippen LogP contribution in [0.1, 0.15) is 43.1 Å². The molecule has 0 saturated carbocycles. The van der Waals surface area contributed by atoms with Gasteiger partial charge in [-0.1, -0.05) is 27.2 Å². The molecule has 2 amide bonds. The molecular weight excluding hydrogens is 438 g/mol. The first-order valence-electron chi connectivity index (χ1n) is 9.64. The Hall–Kier alpha value is -2.42. The summed E-state index contributed by atoms with van der Waals surface area (Å²) in [4.78, 5) is 29.5. The van der Waals surface area contributed by atoms with Gasteiger partial charge < -0.3 is 14.5 Å². The van der Waals surface area contributed by atoms with E-state index in [1.54, 1.807) is 22.0 Å². The Balaban J connectivity index is 1.55. The van der Waals surface area contributed by atoms with E-state index in [0.717, 1.165) is 15.6 Å². The smallest absolute Gasteiger partial charge is 0.410 e. The third kappa shape index (κ3) is 4.14. The van der Waals surface area contributed by atoms with Gasteiger partial charge in [-0.15, -0.1) is 5.10 Å². The highest BCUT2D eigenvalue weighted by Crippen LogP contribution is 2.33. The Morgan fingerprint density at radius 3 is 2.83 bits per heavy atom. The summed E-state index contributed by atoms with van der Waals surface area (Å²) >= 11 is 3.44. The average molecular weight is 462 g/mol. The maximum Gasteiger partial charge on any atom is 0.410 e. The summed E-state index contributed by atoms with van der Waals surface area (Å²) in [7, 11) is 0. The molecule has 0 radical (unpaired) electrons. The number of hydrogen-bond acceptors (Lipinski definition) is 5. The molecule has 3 heterocycles. The van der Waals surface area contributed by atoms with E-state index >= 15 is 0 Å². The minimum atomic E-state index is -0.584. The largest absolute Gasteiger partial charge is 0.444 e. The molecule has 0 aliphatic carbocycles. The summed E-state index contributed by atoms with van der Waals surface area (Å²) in [5.41, 5.74) is 1.16. The molecule has 29 heavy (non-hydrogen) atoms. The molecule has 8 nitrogen and oxygen atoms in total. The van der Waals surface area contributed by atoms with Crippen LogP contribution in [0.3, 0.4) is 0 Å². The molecular formula is C20H24BrN5O3. The fourth-order valence-electron chi connectivity index (χ4n) is 3.97. The molecule has 2 atom stereocenters. The summed E-state index contributed by atoms with van der Waals surface area (Å²) in [5.74, 6) is 0.0110. The van der Waals surface area contributed by atoms with Crippen LogP contribution in [0.25, 0.3) is 0 Å². The highest BCUT2D eigenvalue weighted by atomic mass is 79.9. The first-order chi connectivity index (χ1) is 13.7. The Morgan fingerprint density at radius 1 is 1.34 bits per heavy atom. The standard InChI is InChI=1S/C20H24BrN5O3/c1-20(2,3)29-19(28)26-12-16(9-15(26)11-24-7-6-22-23-24)25-10-13-4-5-14(21)8-17(13)18(25)27/h4-8,15-16H,9-12H2,1-3H3/t15-,16+/m0/s1. The van der Waals surface area contributed by atoms with Crippen LogP contribution >= 0.6 is 15.9 Å². The van der Waals surface area contributed by atoms with Crippen LogP contribution in [-0.4, -0.2) is 61.0 Å². The van der Waals surface area contributed by atoms with Gasteiger partial charge in [-0.05, 0) is 44.9 Å². The highest BCUT2D eigenvalue weighted by Gasteiger charge is 2.43. The van der Waals surface area contributed by atoms with Crippen LogP contribution in [0.4, 0.5) is 4.79 Å². The number of carbonyl (C=O) groups excluding carboxylic acids is 2.